The lowest BCUT2D eigenvalue weighted by Gasteiger charge is -2.34. The standard InChI is InChI=1S/C21H30O6/c1-14-8-11-17(26-14)19(25-13-15-6-4-3-5-7-15)20(18(12-22)24-2)27-21(23)16-9-10-16/h3-7,14,16-20,22H,8-13H2,1-2H3. The number of esters is 1. The molecular formula is C21H30O6. The Bertz CT molecular complexity index is 584. The Kier molecular flexibility index (Phi) is 7.24. The van der Waals surface area contributed by atoms with Crippen molar-refractivity contribution in [2.24, 2.45) is 5.92 Å². The highest BCUT2D eigenvalue weighted by atomic mass is 16.6. The van der Waals surface area contributed by atoms with Crippen LogP contribution in [0.3, 0.4) is 0 Å². The minimum atomic E-state index is -0.716. The van der Waals surface area contributed by atoms with Gasteiger partial charge in [0.1, 0.15) is 12.2 Å². The maximum Gasteiger partial charge on any atom is 0.309 e. The molecule has 3 rings (SSSR count). The number of hydrogen-bond acceptors (Lipinski definition) is 6. The molecule has 1 aliphatic heterocycles. The van der Waals surface area contributed by atoms with E-state index in [0.29, 0.717) is 6.61 Å². The number of aliphatic hydroxyl groups excluding tert-OH is 1. The van der Waals surface area contributed by atoms with E-state index in [1.165, 1.54) is 7.11 Å². The van der Waals surface area contributed by atoms with Gasteiger partial charge in [-0.3, -0.25) is 4.79 Å². The minimum absolute atomic E-state index is 0.0399. The SMILES string of the molecule is COC(CO)C(OC(=O)C1CC1)C(OCc1ccccc1)C1CCC(C)O1. The fourth-order valence-corrected chi connectivity index (χ4v) is 3.47. The second-order valence-electron chi connectivity index (χ2n) is 7.46. The van der Waals surface area contributed by atoms with E-state index in [1.807, 2.05) is 37.3 Å². The molecule has 1 aliphatic carbocycles. The van der Waals surface area contributed by atoms with E-state index >= 15 is 0 Å². The minimum Gasteiger partial charge on any atom is -0.456 e. The average Bonchev–Trinajstić information content (AvgIpc) is 3.45. The Hall–Kier alpha value is -1.47. The van der Waals surface area contributed by atoms with Crippen molar-refractivity contribution in [3.63, 3.8) is 0 Å². The first-order valence-corrected chi connectivity index (χ1v) is 9.77. The highest BCUT2D eigenvalue weighted by molar-refractivity contribution is 5.75. The van der Waals surface area contributed by atoms with Gasteiger partial charge in [-0.15, -0.1) is 0 Å². The van der Waals surface area contributed by atoms with Crippen molar-refractivity contribution in [2.75, 3.05) is 13.7 Å². The molecule has 6 nitrogen and oxygen atoms in total. The molecule has 1 aromatic carbocycles. The second-order valence-corrected chi connectivity index (χ2v) is 7.46. The molecule has 1 saturated heterocycles. The Morgan fingerprint density at radius 1 is 1.22 bits per heavy atom. The van der Waals surface area contributed by atoms with Gasteiger partial charge >= 0.3 is 5.97 Å². The molecule has 1 saturated carbocycles. The summed E-state index contributed by atoms with van der Waals surface area (Å²) in [5, 5.41) is 9.78. The topological polar surface area (TPSA) is 74.2 Å². The van der Waals surface area contributed by atoms with E-state index in [4.69, 9.17) is 18.9 Å². The van der Waals surface area contributed by atoms with Crippen molar-refractivity contribution in [2.45, 2.75) is 69.7 Å². The maximum absolute atomic E-state index is 12.4. The van der Waals surface area contributed by atoms with Crippen molar-refractivity contribution < 1.29 is 28.8 Å². The van der Waals surface area contributed by atoms with E-state index < -0.39 is 18.3 Å². The van der Waals surface area contributed by atoms with Crippen LogP contribution in [0, 0.1) is 5.92 Å². The lowest BCUT2D eigenvalue weighted by molar-refractivity contribution is -0.192. The zero-order valence-electron chi connectivity index (χ0n) is 16.1. The van der Waals surface area contributed by atoms with Crippen LogP contribution in [0.15, 0.2) is 30.3 Å². The Labute approximate surface area is 160 Å². The summed E-state index contributed by atoms with van der Waals surface area (Å²) in [6.07, 6.45) is 1.51. The summed E-state index contributed by atoms with van der Waals surface area (Å²) in [5.74, 6) is -0.281. The van der Waals surface area contributed by atoms with Gasteiger partial charge in [-0.1, -0.05) is 30.3 Å². The average molecular weight is 378 g/mol. The molecule has 27 heavy (non-hydrogen) atoms. The number of rotatable bonds is 10. The molecule has 0 aromatic heterocycles. The Morgan fingerprint density at radius 3 is 2.52 bits per heavy atom. The fourth-order valence-electron chi connectivity index (χ4n) is 3.47. The van der Waals surface area contributed by atoms with E-state index in [-0.39, 0.29) is 30.7 Å². The monoisotopic (exact) mass is 378 g/mol. The van der Waals surface area contributed by atoms with Crippen molar-refractivity contribution in [1.82, 2.24) is 0 Å². The molecule has 150 valence electrons. The van der Waals surface area contributed by atoms with Gasteiger partial charge in [-0.2, -0.15) is 0 Å². The van der Waals surface area contributed by atoms with Crippen LogP contribution in [-0.4, -0.2) is 55.3 Å². The molecule has 6 heteroatoms. The summed E-state index contributed by atoms with van der Waals surface area (Å²) < 4.78 is 23.5. The zero-order valence-corrected chi connectivity index (χ0v) is 16.1. The van der Waals surface area contributed by atoms with Gasteiger partial charge in [-0.25, -0.2) is 0 Å². The van der Waals surface area contributed by atoms with Gasteiger partial charge in [0, 0.05) is 7.11 Å². The van der Waals surface area contributed by atoms with Gasteiger partial charge in [0.25, 0.3) is 0 Å². The van der Waals surface area contributed by atoms with Crippen LogP contribution in [0.4, 0.5) is 0 Å². The summed E-state index contributed by atoms with van der Waals surface area (Å²) in [6, 6.07) is 9.84. The van der Waals surface area contributed by atoms with E-state index in [9.17, 15) is 9.90 Å². The predicted octanol–water partition coefficient (Wildman–Crippen LogP) is 2.47. The molecule has 0 spiro atoms. The van der Waals surface area contributed by atoms with Gasteiger partial charge in [0.15, 0.2) is 6.10 Å². The molecule has 1 N–H and O–H groups in total. The molecule has 2 fully saturated rings. The maximum atomic E-state index is 12.4. The van der Waals surface area contributed by atoms with Gasteiger partial charge in [0.05, 0.1) is 31.3 Å². The molecular weight excluding hydrogens is 348 g/mol. The number of benzene rings is 1. The molecule has 0 bridgehead atoms. The Balaban J connectivity index is 1.77. The second kappa shape index (κ2) is 9.64. The van der Waals surface area contributed by atoms with Gasteiger partial charge in [0.2, 0.25) is 0 Å². The predicted molar refractivity (Wildman–Crippen MR) is 99.1 cm³/mol. The van der Waals surface area contributed by atoms with Crippen molar-refractivity contribution >= 4 is 5.97 Å². The summed E-state index contributed by atoms with van der Waals surface area (Å²) in [7, 11) is 1.51. The third-order valence-corrected chi connectivity index (χ3v) is 5.25. The van der Waals surface area contributed by atoms with Crippen molar-refractivity contribution in [3.05, 3.63) is 35.9 Å². The molecule has 0 amide bonds. The molecule has 1 aromatic rings. The van der Waals surface area contributed by atoms with Gasteiger partial charge in [-0.05, 0) is 38.2 Å². The van der Waals surface area contributed by atoms with Crippen molar-refractivity contribution in [3.8, 4) is 0 Å². The normalized spacial score (nSPS) is 25.7. The first-order chi connectivity index (χ1) is 13.1. The quantitative estimate of drug-likeness (QED) is 0.631. The summed E-state index contributed by atoms with van der Waals surface area (Å²) >= 11 is 0. The number of carbonyl (C=O) groups is 1. The third-order valence-electron chi connectivity index (χ3n) is 5.25. The molecule has 5 atom stereocenters. The first-order valence-electron chi connectivity index (χ1n) is 9.77. The smallest absolute Gasteiger partial charge is 0.309 e. The Morgan fingerprint density at radius 2 is 1.96 bits per heavy atom. The van der Waals surface area contributed by atoms with Crippen LogP contribution in [0.1, 0.15) is 38.2 Å². The van der Waals surface area contributed by atoms with Gasteiger partial charge < -0.3 is 24.1 Å². The highest BCUT2D eigenvalue weighted by Crippen LogP contribution is 2.33. The summed E-state index contributed by atoms with van der Waals surface area (Å²) in [5.41, 5.74) is 1.03. The van der Waals surface area contributed by atoms with Crippen LogP contribution in [0.2, 0.25) is 0 Å². The van der Waals surface area contributed by atoms with Crippen LogP contribution in [-0.2, 0) is 30.3 Å². The van der Waals surface area contributed by atoms with Crippen LogP contribution >= 0.6 is 0 Å². The molecule has 5 unspecified atom stereocenters. The lowest BCUT2D eigenvalue weighted by atomic mass is 10.00. The van der Waals surface area contributed by atoms with E-state index in [1.54, 1.807) is 0 Å². The number of hydrogen-bond donors (Lipinski definition) is 1. The third kappa shape index (κ3) is 5.51. The van der Waals surface area contributed by atoms with E-state index in [0.717, 1.165) is 31.2 Å². The first kappa shape index (κ1) is 20.3. The molecule has 0 radical (unpaired) electrons. The fraction of sp³-hybridized carbons (Fsp3) is 0.667. The highest BCUT2D eigenvalue weighted by Gasteiger charge is 2.44. The van der Waals surface area contributed by atoms with Crippen LogP contribution < -0.4 is 0 Å². The van der Waals surface area contributed by atoms with Crippen LogP contribution in [0.5, 0.6) is 0 Å². The number of carbonyl (C=O) groups excluding carboxylic acids is 1. The zero-order chi connectivity index (χ0) is 19.2. The lowest BCUT2D eigenvalue weighted by Crippen LogP contribution is -2.50. The van der Waals surface area contributed by atoms with Crippen molar-refractivity contribution in [1.29, 1.82) is 0 Å². The largest absolute Gasteiger partial charge is 0.456 e. The number of ether oxygens (including phenoxy) is 4. The summed E-state index contributed by atoms with van der Waals surface area (Å²) in [4.78, 5) is 12.4. The number of aliphatic hydroxyl groups is 1. The van der Waals surface area contributed by atoms with Crippen LogP contribution in [0.25, 0.3) is 0 Å². The molecule has 2 aliphatic rings. The summed E-state index contributed by atoms with van der Waals surface area (Å²) in [6.45, 7) is 2.14. The molecule has 1 heterocycles. The number of methoxy groups -OCH3 is 1. The van der Waals surface area contributed by atoms with E-state index in [2.05, 4.69) is 0 Å².